The molecule has 3 aromatic rings. The molecule has 0 unspecified atom stereocenters. The van der Waals surface area contributed by atoms with Gasteiger partial charge in [-0.25, -0.2) is 14.5 Å². The Hall–Kier alpha value is -3.77. The van der Waals surface area contributed by atoms with Crippen LogP contribution in [0.4, 0.5) is 10.5 Å². The van der Waals surface area contributed by atoms with E-state index in [0.29, 0.717) is 18.1 Å². The van der Waals surface area contributed by atoms with Crippen LogP contribution in [0.1, 0.15) is 13.8 Å². The molecular weight excluding hydrogens is 504 g/mol. The fourth-order valence-corrected chi connectivity index (χ4v) is 4.52. The first-order valence-electron chi connectivity index (χ1n) is 12.6. The molecule has 0 saturated carbocycles. The Labute approximate surface area is 227 Å². The van der Waals surface area contributed by atoms with E-state index < -0.39 is 30.7 Å². The Kier molecular flexibility index (Phi) is 9.31. The van der Waals surface area contributed by atoms with Crippen molar-refractivity contribution in [3.63, 3.8) is 0 Å². The molecule has 2 aromatic carbocycles. The van der Waals surface area contributed by atoms with Gasteiger partial charge >= 0.3 is 6.09 Å². The summed E-state index contributed by atoms with van der Waals surface area (Å²) in [5.41, 5.74) is 2.12. The molecule has 5 atom stereocenters. The van der Waals surface area contributed by atoms with E-state index in [1.54, 1.807) is 60.6 Å². The lowest BCUT2D eigenvalue weighted by Gasteiger charge is -2.43. The van der Waals surface area contributed by atoms with Gasteiger partial charge in [0.2, 0.25) is 6.29 Å². The standard InChI is InChI=1S/C28H34N4O7/c1-6-16-31(28(34)39-27-25(36-5)24(37-7-2)23(35-4)18(3)38-27)20-10-8-19(9-11-20)26-29-17-32(30-26)21-12-14-22(33)15-13-21/h6,8-15,17-18,23-25,27,33H,1,7,16H2,2-5H3/t18-,23-,24+,25+,27-/m0/s1. The zero-order valence-electron chi connectivity index (χ0n) is 22.5. The van der Waals surface area contributed by atoms with Gasteiger partial charge in [-0.15, -0.1) is 11.7 Å². The monoisotopic (exact) mass is 538 g/mol. The lowest BCUT2D eigenvalue weighted by atomic mass is 9.99. The van der Waals surface area contributed by atoms with E-state index in [1.165, 1.54) is 12.0 Å². The quantitative estimate of drug-likeness (QED) is 0.383. The van der Waals surface area contributed by atoms with Gasteiger partial charge in [0.1, 0.15) is 30.4 Å². The minimum atomic E-state index is -1.000. The molecular formula is C28H34N4O7. The number of methoxy groups -OCH3 is 2. The van der Waals surface area contributed by atoms with Crippen LogP contribution in [-0.4, -0.2) is 84.0 Å². The van der Waals surface area contributed by atoms with Crippen molar-refractivity contribution in [1.29, 1.82) is 0 Å². The molecule has 1 aromatic heterocycles. The van der Waals surface area contributed by atoms with E-state index in [9.17, 15) is 9.90 Å². The molecule has 1 aliphatic heterocycles. The molecule has 4 rings (SSSR count). The number of phenolic OH excluding ortho intramolecular Hbond substituents is 1. The van der Waals surface area contributed by atoms with Crippen molar-refractivity contribution in [3.05, 3.63) is 67.5 Å². The van der Waals surface area contributed by atoms with Gasteiger partial charge < -0.3 is 28.8 Å². The maximum absolute atomic E-state index is 13.3. The van der Waals surface area contributed by atoms with Crippen LogP contribution in [0.15, 0.2) is 67.5 Å². The van der Waals surface area contributed by atoms with Gasteiger partial charge in [-0.1, -0.05) is 6.08 Å². The second-order valence-corrected chi connectivity index (χ2v) is 8.89. The van der Waals surface area contributed by atoms with Crippen molar-refractivity contribution in [2.75, 3.05) is 32.3 Å². The Morgan fingerprint density at radius 3 is 2.41 bits per heavy atom. The molecule has 11 nitrogen and oxygen atoms in total. The summed E-state index contributed by atoms with van der Waals surface area (Å²) in [5.74, 6) is 0.683. The van der Waals surface area contributed by atoms with Crippen molar-refractivity contribution in [2.24, 2.45) is 0 Å². The van der Waals surface area contributed by atoms with E-state index in [-0.39, 0.29) is 18.4 Å². The molecule has 0 bridgehead atoms. The number of anilines is 1. The summed E-state index contributed by atoms with van der Waals surface area (Å²) in [6, 6.07) is 13.9. The van der Waals surface area contributed by atoms with Gasteiger partial charge in [-0.2, -0.15) is 0 Å². The molecule has 1 aliphatic rings. The summed E-state index contributed by atoms with van der Waals surface area (Å²) in [6.45, 7) is 8.14. The van der Waals surface area contributed by atoms with Crippen molar-refractivity contribution >= 4 is 11.8 Å². The number of ether oxygens (including phenoxy) is 5. The third-order valence-corrected chi connectivity index (χ3v) is 6.42. The number of aromatic nitrogens is 3. The van der Waals surface area contributed by atoms with Gasteiger partial charge in [0, 0.05) is 38.6 Å². The summed E-state index contributed by atoms with van der Waals surface area (Å²) in [6.07, 6.45) is -0.353. The van der Waals surface area contributed by atoms with Gasteiger partial charge in [0.05, 0.1) is 11.8 Å². The first kappa shape index (κ1) is 28.2. The number of benzene rings is 2. The molecule has 208 valence electrons. The molecule has 1 N–H and O–H groups in total. The topological polar surface area (TPSA) is 117 Å². The Bertz CT molecular complexity index is 1230. The average Bonchev–Trinajstić information content (AvgIpc) is 3.43. The number of carbonyl (C=O) groups is 1. The van der Waals surface area contributed by atoms with Gasteiger partial charge in [0.25, 0.3) is 0 Å². The largest absolute Gasteiger partial charge is 0.508 e. The molecule has 1 fully saturated rings. The first-order chi connectivity index (χ1) is 18.9. The Morgan fingerprint density at radius 2 is 1.79 bits per heavy atom. The van der Waals surface area contributed by atoms with Gasteiger partial charge in [-0.3, -0.25) is 4.90 Å². The number of rotatable bonds is 10. The SMILES string of the molecule is C=CCN(C(=O)O[C@@H]1O[C@@H](C)[C@H](OC)[C@@H](OCC)[C@H]1OC)c1ccc(-c2ncn(-c3ccc(O)cc3)n2)cc1. The van der Waals surface area contributed by atoms with Crippen LogP contribution in [0.25, 0.3) is 17.1 Å². The van der Waals surface area contributed by atoms with Gasteiger partial charge in [0.15, 0.2) is 5.82 Å². The van der Waals surface area contributed by atoms with Crippen molar-refractivity contribution < 1.29 is 33.6 Å². The highest BCUT2D eigenvalue weighted by Gasteiger charge is 2.47. The van der Waals surface area contributed by atoms with Crippen LogP contribution in [0.3, 0.4) is 0 Å². The van der Waals surface area contributed by atoms with E-state index in [4.69, 9.17) is 23.7 Å². The third kappa shape index (κ3) is 6.28. The predicted octanol–water partition coefficient (Wildman–Crippen LogP) is 3.95. The highest BCUT2D eigenvalue weighted by atomic mass is 16.7. The number of phenols is 1. The van der Waals surface area contributed by atoms with Crippen LogP contribution in [-0.2, 0) is 23.7 Å². The zero-order chi connectivity index (χ0) is 27.9. The average molecular weight is 539 g/mol. The maximum atomic E-state index is 13.3. The molecule has 39 heavy (non-hydrogen) atoms. The maximum Gasteiger partial charge on any atom is 0.416 e. The van der Waals surface area contributed by atoms with E-state index in [0.717, 1.165) is 11.3 Å². The smallest absolute Gasteiger partial charge is 0.416 e. The highest BCUT2D eigenvalue weighted by Crippen LogP contribution is 2.29. The molecule has 0 spiro atoms. The van der Waals surface area contributed by atoms with E-state index in [2.05, 4.69) is 16.7 Å². The normalized spacial score (nSPS) is 22.8. The second kappa shape index (κ2) is 12.9. The highest BCUT2D eigenvalue weighted by molar-refractivity contribution is 5.88. The van der Waals surface area contributed by atoms with Crippen LogP contribution < -0.4 is 4.90 Å². The van der Waals surface area contributed by atoms with E-state index >= 15 is 0 Å². The summed E-state index contributed by atoms with van der Waals surface area (Å²) < 4.78 is 30.5. The van der Waals surface area contributed by atoms with Gasteiger partial charge in [-0.05, 0) is 62.4 Å². The summed E-state index contributed by atoms with van der Waals surface area (Å²) in [4.78, 5) is 19.2. The summed E-state index contributed by atoms with van der Waals surface area (Å²) >= 11 is 0. The fourth-order valence-electron chi connectivity index (χ4n) is 4.52. The number of amides is 1. The lowest BCUT2D eigenvalue weighted by Crippen LogP contribution is -2.60. The van der Waals surface area contributed by atoms with Crippen LogP contribution >= 0.6 is 0 Å². The molecule has 1 amide bonds. The number of carbonyl (C=O) groups excluding carboxylic acids is 1. The van der Waals surface area contributed by atoms with E-state index in [1.807, 2.05) is 26.0 Å². The number of hydrogen-bond acceptors (Lipinski definition) is 9. The first-order valence-corrected chi connectivity index (χ1v) is 12.6. The minimum absolute atomic E-state index is 0.174. The van der Waals surface area contributed by atoms with Crippen molar-refractivity contribution in [2.45, 2.75) is 44.6 Å². The summed E-state index contributed by atoms with van der Waals surface area (Å²) in [5, 5.41) is 14.0. The molecule has 0 radical (unpaired) electrons. The Morgan fingerprint density at radius 1 is 1.10 bits per heavy atom. The van der Waals surface area contributed by atoms with Crippen LogP contribution in [0.5, 0.6) is 5.75 Å². The molecule has 0 aliphatic carbocycles. The Balaban J connectivity index is 1.50. The second-order valence-electron chi connectivity index (χ2n) is 8.89. The zero-order valence-corrected chi connectivity index (χ0v) is 22.5. The molecule has 2 heterocycles. The number of hydrogen-bond donors (Lipinski definition) is 1. The van der Waals surface area contributed by atoms with Crippen molar-refractivity contribution in [1.82, 2.24) is 14.8 Å². The molecule has 1 saturated heterocycles. The fraction of sp³-hybridized carbons (Fsp3) is 0.393. The summed E-state index contributed by atoms with van der Waals surface area (Å²) in [7, 11) is 3.10. The number of aromatic hydroxyl groups is 1. The predicted molar refractivity (Wildman–Crippen MR) is 144 cm³/mol. The third-order valence-electron chi connectivity index (χ3n) is 6.42. The van der Waals surface area contributed by atoms with Crippen LogP contribution in [0.2, 0.25) is 0 Å². The number of nitrogens with zero attached hydrogens (tertiary/aromatic N) is 4. The molecule has 11 heteroatoms. The minimum Gasteiger partial charge on any atom is -0.508 e. The lowest BCUT2D eigenvalue weighted by molar-refractivity contribution is -0.292. The van der Waals surface area contributed by atoms with Crippen molar-refractivity contribution in [3.8, 4) is 22.8 Å². The van der Waals surface area contributed by atoms with Crippen LogP contribution in [0, 0.1) is 0 Å².